The zero-order chi connectivity index (χ0) is 15.2. The molecule has 1 saturated heterocycles. The van der Waals surface area contributed by atoms with Crippen LogP contribution in [0.4, 0.5) is 5.69 Å². The Morgan fingerprint density at radius 3 is 2.73 bits per heavy atom. The van der Waals surface area contributed by atoms with Crippen molar-refractivity contribution in [2.24, 2.45) is 0 Å². The van der Waals surface area contributed by atoms with Crippen molar-refractivity contribution in [1.82, 2.24) is 5.32 Å². The molecule has 1 aliphatic rings. The molecule has 1 fully saturated rings. The highest BCUT2D eigenvalue weighted by atomic mass is 35.5. The van der Waals surface area contributed by atoms with Crippen molar-refractivity contribution in [2.75, 3.05) is 39.2 Å². The summed E-state index contributed by atoms with van der Waals surface area (Å²) >= 11 is 0. The zero-order valence-electron chi connectivity index (χ0n) is 12.4. The number of rotatable bonds is 4. The van der Waals surface area contributed by atoms with Crippen molar-refractivity contribution < 1.29 is 23.8 Å². The van der Waals surface area contributed by atoms with E-state index in [9.17, 15) is 9.59 Å². The quantitative estimate of drug-likeness (QED) is 0.795. The number of ether oxygens (including phenoxy) is 3. The van der Waals surface area contributed by atoms with Gasteiger partial charge in [-0.25, -0.2) is 4.79 Å². The minimum absolute atomic E-state index is 0. The third-order valence-corrected chi connectivity index (χ3v) is 3.11. The van der Waals surface area contributed by atoms with Crippen molar-refractivity contribution in [3.05, 3.63) is 23.8 Å². The second-order valence-electron chi connectivity index (χ2n) is 4.46. The number of benzene rings is 1. The van der Waals surface area contributed by atoms with Crippen LogP contribution in [0.5, 0.6) is 5.75 Å². The number of esters is 1. The number of carbonyl (C=O) groups excluding carboxylic acids is 2. The number of nitrogens with one attached hydrogen (secondary N) is 2. The second-order valence-corrected chi connectivity index (χ2v) is 4.46. The van der Waals surface area contributed by atoms with Gasteiger partial charge in [0.1, 0.15) is 11.9 Å². The van der Waals surface area contributed by atoms with Crippen LogP contribution in [0.25, 0.3) is 0 Å². The van der Waals surface area contributed by atoms with Crippen LogP contribution in [-0.4, -0.2) is 51.9 Å². The molecule has 0 aliphatic carbocycles. The van der Waals surface area contributed by atoms with Crippen LogP contribution in [0.1, 0.15) is 10.4 Å². The first kappa shape index (κ1) is 18.2. The van der Waals surface area contributed by atoms with Crippen LogP contribution in [0.15, 0.2) is 18.2 Å². The molecule has 0 saturated carbocycles. The van der Waals surface area contributed by atoms with Gasteiger partial charge in [-0.3, -0.25) is 4.79 Å². The fraction of sp³-hybridized carbons (Fsp3) is 0.429. The van der Waals surface area contributed by atoms with Crippen molar-refractivity contribution in [3.63, 3.8) is 0 Å². The summed E-state index contributed by atoms with van der Waals surface area (Å²) in [4.78, 5) is 23.9. The number of methoxy groups -OCH3 is 2. The zero-order valence-corrected chi connectivity index (χ0v) is 13.2. The average molecular weight is 331 g/mol. The number of hydrogen-bond donors (Lipinski definition) is 2. The van der Waals surface area contributed by atoms with E-state index in [-0.39, 0.29) is 23.9 Å². The predicted molar refractivity (Wildman–Crippen MR) is 82.8 cm³/mol. The Hall–Kier alpha value is -1.83. The van der Waals surface area contributed by atoms with E-state index in [1.807, 2.05) is 0 Å². The summed E-state index contributed by atoms with van der Waals surface area (Å²) in [6.07, 6.45) is -0.577. The predicted octanol–water partition coefficient (Wildman–Crippen LogP) is 0.830. The third kappa shape index (κ3) is 4.33. The van der Waals surface area contributed by atoms with Gasteiger partial charge in [0.15, 0.2) is 0 Å². The molecule has 0 aromatic heterocycles. The summed E-state index contributed by atoms with van der Waals surface area (Å²) in [7, 11) is 2.78. The van der Waals surface area contributed by atoms with E-state index in [2.05, 4.69) is 10.6 Å². The smallest absolute Gasteiger partial charge is 0.340 e. The van der Waals surface area contributed by atoms with E-state index in [1.165, 1.54) is 20.3 Å². The number of morpholine rings is 1. The van der Waals surface area contributed by atoms with Crippen LogP contribution >= 0.6 is 12.4 Å². The standard InChI is InChI=1S/C14H18N2O5.ClH/c1-19-9-3-4-11(10(7-9)14(18)20-2)16-13(17)12-8-15-5-6-21-12;/h3-4,7,12,15H,5-6,8H2,1-2H3,(H,16,17);1H. The molecule has 0 bridgehead atoms. The lowest BCUT2D eigenvalue weighted by Crippen LogP contribution is -2.45. The van der Waals surface area contributed by atoms with Crippen molar-refractivity contribution in [2.45, 2.75) is 6.10 Å². The number of amides is 1. The molecule has 122 valence electrons. The number of halogens is 1. The minimum atomic E-state index is -0.577. The Morgan fingerprint density at radius 1 is 1.36 bits per heavy atom. The van der Waals surface area contributed by atoms with Gasteiger partial charge in [0.25, 0.3) is 5.91 Å². The van der Waals surface area contributed by atoms with Gasteiger partial charge in [-0.1, -0.05) is 0 Å². The molecule has 7 nitrogen and oxygen atoms in total. The van der Waals surface area contributed by atoms with Gasteiger partial charge >= 0.3 is 5.97 Å². The Balaban J connectivity index is 0.00000242. The lowest BCUT2D eigenvalue weighted by molar-refractivity contribution is -0.128. The molecule has 1 aromatic rings. The fourth-order valence-electron chi connectivity index (χ4n) is 1.99. The molecule has 0 radical (unpaired) electrons. The Labute approximate surface area is 134 Å². The largest absolute Gasteiger partial charge is 0.497 e. The molecule has 22 heavy (non-hydrogen) atoms. The van der Waals surface area contributed by atoms with E-state index in [4.69, 9.17) is 14.2 Å². The summed E-state index contributed by atoms with van der Waals surface area (Å²) in [5.74, 6) is -0.353. The number of carbonyl (C=O) groups is 2. The molecule has 1 unspecified atom stereocenters. The van der Waals surface area contributed by atoms with Crippen molar-refractivity contribution in [1.29, 1.82) is 0 Å². The third-order valence-electron chi connectivity index (χ3n) is 3.11. The molecule has 1 amide bonds. The highest BCUT2D eigenvalue weighted by Crippen LogP contribution is 2.23. The normalized spacial score (nSPS) is 17.1. The topological polar surface area (TPSA) is 85.9 Å². The summed E-state index contributed by atoms with van der Waals surface area (Å²) in [5.41, 5.74) is 0.593. The maximum Gasteiger partial charge on any atom is 0.340 e. The number of hydrogen-bond acceptors (Lipinski definition) is 6. The van der Waals surface area contributed by atoms with E-state index in [0.717, 1.165) is 6.54 Å². The van der Waals surface area contributed by atoms with Gasteiger partial charge in [-0.05, 0) is 18.2 Å². The molecule has 8 heteroatoms. The highest BCUT2D eigenvalue weighted by Gasteiger charge is 2.23. The van der Waals surface area contributed by atoms with Gasteiger partial charge in [0, 0.05) is 13.1 Å². The lowest BCUT2D eigenvalue weighted by atomic mass is 10.1. The SMILES string of the molecule is COC(=O)c1cc(OC)ccc1NC(=O)C1CNCCO1.Cl. The summed E-state index contributed by atoms with van der Waals surface area (Å²) in [5, 5.41) is 5.76. The van der Waals surface area contributed by atoms with Gasteiger partial charge in [0.2, 0.25) is 0 Å². The van der Waals surface area contributed by atoms with Crippen LogP contribution < -0.4 is 15.4 Å². The summed E-state index contributed by atoms with van der Waals surface area (Å²) in [6.45, 7) is 1.64. The van der Waals surface area contributed by atoms with Gasteiger partial charge in [-0.2, -0.15) is 0 Å². The Bertz CT molecular complexity index is 532. The fourth-order valence-corrected chi connectivity index (χ4v) is 1.99. The molecule has 2 N–H and O–H groups in total. The maximum absolute atomic E-state index is 12.1. The first-order valence-electron chi connectivity index (χ1n) is 6.55. The van der Waals surface area contributed by atoms with E-state index in [1.54, 1.807) is 12.1 Å². The molecule has 1 aliphatic heterocycles. The van der Waals surface area contributed by atoms with Crippen molar-refractivity contribution >= 4 is 30.0 Å². The summed E-state index contributed by atoms with van der Waals surface area (Å²) < 4.78 is 15.2. The van der Waals surface area contributed by atoms with Crippen LogP contribution in [0.3, 0.4) is 0 Å². The Morgan fingerprint density at radius 2 is 2.14 bits per heavy atom. The first-order chi connectivity index (χ1) is 10.2. The maximum atomic E-state index is 12.1. The minimum Gasteiger partial charge on any atom is -0.497 e. The number of anilines is 1. The molecule has 0 spiro atoms. The van der Waals surface area contributed by atoms with E-state index >= 15 is 0 Å². The van der Waals surface area contributed by atoms with Gasteiger partial charge in [-0.15, -0.1) is 12.4 Å². The van der Waals surface area contributed by atoms with Crippen molar-refractivity contribution in [3.8, 4) is 5.75 Å². The van der Waals surface area contributed by atoms with Crippen LogP contribution in [0, 0.1) is 0 Å². The molecule has 1 heterocycles. The molecule has 2 rings (SSSR count). The molecular formula is C14H19ClN2O5. The second kappa shape index (κ2) is 8.57. The first-order valence-corrected chi connectivity index (χ1v) is 6.55. The monoisotopic (exact) mass is 330 g/mol. The van der Waals surface area contributed by atoms with Crippen LogP contribution in [-0.2, 0) is 14.3 Å². The lowest BCUT2D eigenvalue weighted by Gasteiger charge is -2.23. The summed E-state index contributed by atoms with van der Waals surface area (Å²) in [6, 6.07) is 4.77. The van der Waals surface area contributed by atoms with E-state index < -0.39 is 12.1 Å². The molecule has 1 atom stereocenters. The average Bonchev–Trinajstić information content (AvgIpc) is 2.55. The highest BCUT2D eigenvalue weighted by molar-refractivity contribution is 6.02. The Kier molecular flexibility index (Phi) is 7.10. The molecular weight excluding hydrogens is 312 g/mol. The van der Waals surface area contributed by atoms with Gasteiger partial charge < -0.3 is 24.8 Å². The molecule has 1 aromatic carbocycles. The van der Waals surface area contributed by atoms with E-state index in [0.29, 0.717) is 24.6 Å². The van der Waals surface area contributed by atoms with Crippen LogP contribution in [0.2, 0.25) is 0 Å². The van der Waals surface area contributed by atoms with Gasteiger partial charge in [0.05, 0.1) is 32.1 Å².